The highest BCUT2D eigenvalue weighted by Crippen LogP contribution is 2.21. The summed E-state index contributed by atoms with van der Waals surface area (Å²) in [6.45, 7) is 7.92. The van der Waals surface area contributed by atoms with Crippen LogP contribution in [0.15, 0.2) is 48.5 Å². The van der Waals surface area contributed by atoms with E-state index in [0.29, 0.717) is 50.0 Å². The minimum absolute atomic E-state index is 0.0147. The molecule has 0 spiro atoms. The Hall–Kier alpha value is -3.06. The number of rotatable bonds is 6. The minimum atomic E-state index is -0.0238. The topological polar surface area (TPSA) is 65.1 Å². The van der Waals surface area contributed by atoms with E-state index in [2.05, 4.69) is 34.5 Å². The molecule has 2 heterocycles. The molecule has 0 aliphatic carbocycles. The molecule has 182 valence electrons. The highest BCUT2D eigenvalue weighted by Gasteiger charge is 2.26. The maximum absolute atomic E-state index is 12.9. The molecule has 2 aliphatic rings. The molecule has 2 aromatic carbocycles. The van der Waals surface area contributed by atoms with Crippen LogP contribution < -0.4 is 10.1 Å². The third kappa shape index (κ3) is 6.08. The quantitative estimate of drug-likeness (QED) is 0.712. The van der Waals surface area contributed by atoms with Crippen LogP contribution in [0.3, 0.4) is 0 Å². The van der Waals surface area contributed by atoms with Gasteiger partial charge in [-0.25, -0.2) is 4.79 Å². The molecule has 0 bridgehead atoms. The summed E-state index contributed by atoms with van der Waals surface area (Å²) in [5, 5.41) is 3.14. The zero-order valence-electron chi connectivity index (χ0n) is 20.3. The summed E-state index contributed by atoms with van der Waals surface area (Å²) >= 11 is 0. The Labute approximate surface area is 202 Å². The standard InChI is InChI=1S/C27H36N4O3/c1-21-10-11-24(17-25(21)34-2)26(32)30-13-15-31(16-14-30)27(33)28-18-23-9-6-12-29(20-23)19-22-7-4-3-5-8-22/h3-5,7-8,10-11,17,23H,6,9,12-16,18-20H2,1-2H3,(H,28,33). The number of urea groups is 1. The van der Waals surface area contributed by atoms with E-state index < -0.39 is 0 Å². The maximum atomic E-state index is 12.9. The first kappa shape index (κ1) is 24.1. The van der Waals surface area contributed by atoms with Gasteiger partial charge in [-0.05, 0) is 55.5 Å². The van der Waals surface area contributed by atoms with Crippen LogP contribution >= 0.6 is 0 Å². The number of nitrogens with zero attached hydrogens (tertiary/aromatic N) is 3. The van der Waals surface area contributed by atoms with E-state index in [0.717, 1.165) is 38.0 Å². The highest BCUT2D eigenvalue weighted by molar-refractivity contribution is 5.95. The zero-order valence-corrected chi connectivity index (χ0v) is 20.3. The van der Waals surface area contributed by atoms with Crippen LogP contribution in [-0.4, -0.2) is 79.6 Å². The minimum Gasteiger partial charge on any atom is -0.496 e. The van der Waals surface area contributed by atoms with E-state index in [1.165, 1.54) is 5.56 Å². The Balaban J connectivity index is 1.21. The second kappa shape index (κ2) is 11.4. The van der Waals surface area contributed by atoms with Crippen LogP contribution in [0.4, 0.5) is 4.79 Å². The van der Waals surface area contributed by atoms with Crippen LogP contribution in [0.2, 0.25) is 0 Å². The number of amides is 3. The van der Waals surface area contributed by atoms with Gasteiger partial charge in [0.25, 0.3) is 5.91 Å². The van der Waals surface area contributed by atoms with E-state index in [4.69, 9.17) is 4.74 Å². The Morgan fingerprint density at radius 1 is 1.00 bits per heavy atom. The molecule has 3 amide bonds. The summed E-state index contributed by atoms with van der Waals surface area (Å²) in [6, 6.07) is 16.1. The SMILES string of the molecule is COc1cc(C(=O)N2CCN(C(=O)NCC3CCCN(Cc4ccccc4)C3)CC2)ccc1C. The fraction of sp³-hybridized carbons (Fsp3) is 0.481. The lowest BCUT2D eigenvalue weighted by atomic mass is 9.97. The lowest BCUT2D eigenvalue weighted by Gasteiger charge is -2.36. The zero-order chi connectivity index (χ0) is 23.9. The van der Waals surface area contributed by atoms with E-state index in [-0.39, 0.29) is 11.9 Å². The molecule has 1 N–H and O–H groups in total. The Morgan fingerprint density at radius 3 is 2.47 bits per heavy atom. The van der Waals surface area contributed by atoms with Crippen molar-refractivity contribution in [1.82, 2.24) is 20.0 Å². The number of methoxy groups -OCH3 is 1. The number of nitrogens with one attached hydrogen (secondary N) is 1. The first-order valence-corrected chi connectivity index (χ1v) is 12.3. The fourth-order valence-corrected chi connectivity index (χ4v) is 4.89. The maximum Gasteiger partial charge on any atom is 0.317 e. The Kier molecular flexibility index (Phi) is 8.06. The number of carbonyl (C=O) groups excluding carboxylic acids is 2. The average molecular weight is 465 g/mol. The molecule has 2 saturated heterocycles. The molecule has 1 atom stereocenters. The number of ether oxygens (including phenoxy) is 1. The van der Waals surface area contributed by atoms with Gasteiger partial charge in [0.05, 0.1) is 7.11 Å². The number of hydrogen-bond donors (Lipinski definition) is 1. The lowest BCUT2D eigenvalue weighted by Crippen LogP contribution is -2.54. The summed E-state index contributed by atoms with van der Waals surface area (Å²) in [7, 11) is 1.61. The van der Waals surface area contributed by atoms with Crippen molar-refractivity contribution >= 4 is 11.9 Å². The molecule has 2 aromatic rings. The van der Waals surface area contributed by atoms with Crippen molar-refractivity contribution in [3.8, 4) is 5.75 Å². The summed E-state index contributed by atoms with van der Waals surface area (Å²) in [6.07, 6.45) is 2.31. The smallest absolute Gasteiger partial charge is 0.317 e. The molecule has 7 heteroatoms. The molecule has 0 radical (unpaired) electrons. The number of aryl methyl sites for hydroxylation is 1. The number of piperidine rings is 1. The van der Waals surface area contributed by atoms with Gasteiger partial charge in [-0.15, -0.1) is 0 Å². The van der Waals surface area contributed by atoms with Gasteiger partial charge in [0.1, 0.15) is 5.75 Å². The first-order valence-electron chi connectivity index (χ1n) is 12.3. The summed E-state index contributed by atoms with van der Waals surface area (Å²) in [4.78, 5) is 31.8. The fourth-order valence-electron chi connectivity index (χ4n) is 4.89. The molecule has 2 fully saturated rings. The lowest BCUT2D eigenvalue weighted by molar-refractivity contribution is 0.0663. The third-order valence-electron chi connectivity index (χ3n) is 6.90. The number of hydrogen-bond acceptors (Lipinski definition) is 4. The van der Waals surface area contributed by atoms with Crippen LogP contribution in [0.25, 0.3) is 0 Å². The monoisotopic (exact) mass is 464 g/mol. The highest BCUT2D eigenvalue weighted by atomic mass is 16.5. The van der Waals surface area contributed by atoms with E-state index in [9.17, 15) is 9.59 Å². The van der Waals surface area contributed by atoms with E-state index in [1.807, 2.05) is 34.9 Å². The molecule has 0 aromatic heterocycles. The van der Waals surface area contributed by atoms with E-state index in [1.54, 1.807) is 13.2 Å². The van der Waals surface area contributed by atoms with Crippen molar-refractivity contribution in [1.29, 1.82) is 0 Å². The molecular formula is C27H36N4O3. The summed E-state index contributed by atoms with van der Waals surface area (Å²) in [5.41, 5.74) is 2.96. The number of likely N-dealkylation sites (tertiary alicyclic amines) is 1. The van der Waals surface area contributed by atoms with Crippen molar-refractivity contribution in [3.05, 3.63) is 65.2 Å². The first-order chi connectivity index (χ1) is 16.5. The molecular weight excluding hydrogens is 428 g/mol. The van der Waals surface area contributed by atoms with Crippen LogP contribution in [0.5, 0.6) is 5.75 Å². The number of piperazine rings is 1. The van der Waals surface area contributed by atoms with Crippen LogP contribution in [-0.2, 0) is 6.54 Å². The molecule has 4 rings (SSSR count). The van der Waals surface area contributed by atoms with Crippen molar-refractivity contribution in [2.75, 3.05) is 52.9 Å². The van der Waals surface area contributed by atoms with Gasteiger partial charge in [-0.3, -0.25) is 9.69 Å². The van der Waals surface area contributed by atoms with Crippen LogP contribution in [0.1, 0.15) is 34.3 Å². The average Bonchev–Trinajstić information content (AvgIpc) is 2.88. The molecule has 2 aliphatic heterocycles. The molecule has 7 nitrogen and oxygen atoms in total. The molecule has 34 heavy (non-hydrogen) atoms. The van der Waals surface area contributed by atoms with Crippen molar-refractivity contribution in [3.63, 3.8) is 0 Å². The van der Waals surface area contributed by atoms with Gasteiger partial charge in [-0.1, -0.05) is 36.4 Å². The van der Waals surface area contributed by atoms with Gasteiger partial charge in [-0.2, -0.15) is 0 Å². The second-order valence-electron chi connectivity index (χ2n) is 9.38. The second-order valence-corrected chi connectivity index (χ2v) is 9.38. The van der Waals surface area contributed by atoms with Crippen LogP contribution in [0, 0.1) is 12.8 Å². The predicted octanol–water partition coefficient (Wildman–Crippen LogP) is 3.38. The summed E-state index contributed by atoms with van der Waals surface area (Å²) in [5.74, 6) is 1.17. The normalized spacial score (nSPS) is 19.1. The number of carbonyl (C=O) groups is 2. The number of benzene rings is 2. The van der Waals surface area contributed by atoms with Crippen molar-refractivity contribution < 1.29 is 14.3 Å². The van der Waals surface area contributed by atoms with Crippen molar-refractivity contribution in [2.24, 2.45) is 5.92 Å². The Bertz CT molecular complexity index is 973. The third-order valence-corrected chi connectivity index (χ3v) is 6.90. The summed E-state index contributed by atoms with van der Waals surface area (Å²) < 4.78 is 5.35. The van der Waals surface area contributed by atoms with Gasteiger partial charge < -0.3 is 19.9 Å². The molecule has 1 unspecified atom stereocenters. The molecule has 0 saturated carbocycles. The van der Waals surface area contributed by atoms with Gasteiger partial charge in [0.15, 0.2) is 0 Å². The van der Waals surface area contributed by atoms with Gasteiger partial charge in [0, 0.05) is 51.4 Å². The van der Waals surface area contributed by atoms with Gasteiger partial charge in [0.2, 0.25) is 0 Å². The van der Waals surface area contributed by atoms with Crippen molar-refractivity contribution in [2.45, 2.75) is 26.3 Å². The van der Waals surface area contributed by atoms with E-state index >= 15 is 0 Å². The van der Waals surface area contributed by atoms with Gasteiger partial charge >= 0.3 is 6.03 Å². The predicted molar refractivity (Wildman–Crippen MR) is 133 cm³/mol. The Morgan fingerprint density at radius 2 is 1.74 bits per heavy atom. The largest absolute Gasteiger partial charge is 0.496 e.